The van der Waals surface area contributed by atoms with Gasteiger partial charge in [-0.25, -0.2) is 0 Å². The molecule has 1 unspecified atom stereocenters. The van der Waals surface area contributed by atoms with Gasteiger partial charge in [0.2, 0.25) is 6.79 Å². The van der Waals surface area contributed by atoms with E-state index in [2.05, 4.69) is 0 Å². The van der Waals surface area contributed by atoms with E-state index < -0.39 is 0 Å². The fraction of sp³-hybridized carbons (Fsp3) is 0.200. The van der Waals surface area contributed by atoms with Crippen LogP contribution >= 0.6 is 0 Å². The highest BCUT2D eigenvalue weighted by molar-refractivity contribution is 6.09. The Morgan fingerprint density at radius 1 is 0.871 bits per heavy atom. The van der Waals surface area contributed by atoms with E-state index in [9.17, 15) is 14.7 Å². The molecule has 2 aliphatic rings. The van der Waals surface area contributed by atoms with Crippen LogP contribution < -0.4 is 9.47 Å². The lowest BCUT2D eigenvalue weighted by Gasteiger charge is -2.25. The third kappa shape index (κ3) is 3.61. The van der Waals surface area contributed by atoms with Gasteiger partial charge in [-0.15, -0.1) is 0 Å². The van der Waals surface area contributed by atoms with Gasteiger partial charge in [0.25, 0.3) is 5.91 Å². The molecule has 5 rings (SSSR count). The number of rotatable bonds is 4. The minimum Gasteiger partial charge on any atom is -0.508 e. The number of nitrogens with zero attached hydrogens (tertiary/aromatic N) is 1. The highest BCUT2D eigenvalue weighted by atomic mass is 16.7. The summed E-state index contributed by atoms with van der Waals surface area (Å²) in [6, 6.07) is 18.7. The topological polar surface area (TPSA) is 76.1 Å². The molecule has 0 saturated carbocycles. The normalized spacial score (nSPS) is 17.0. The summed E-state index contributed by atoms with van der Waals surface area (Å²) < 4.78 is 10.9. The SMILES string of the molecule is O=C(c1ccc(C(=O)N2CCCC2c2ccc3c(c2)OCO3)cc1)c1cccc(O)c1. The van der Waals surface area contributed by atoms with Crippen LogP contribution in [0.2, 0.25) is 0 Å². The summed E-state index contributed by atoms with van der Waals surface area (Å²) in [5.74, 6) is 1.23. The van der Waals surface area contributed by atoms with Gasteiger partial charge in [-0.3, -0.25) is 9.59 Å². The number of hydrogen-bond donors (Lipinski definition) is 1. The number of fused-ring (bicyclic) bond motifs is 1. The van der Waals surface area contributed by atoms with Crippen LogP contribution in [-0.2, 0) is 0 Å². The Kier molecular flexibility index (Phi) is 4.82. The summed E-state index contributed by atoms with van der Waals surface area (Å²) in [6.07, 6.45) is 1.82. The lowest BCUT2D eigenvalue weighted by atomic mass is 10.0. The van der Waals surface area contributed by atoms with E-state index >= 15 is 0 Å². The summed E-state index contributed by atoms with van der Waals surface area (Å²) in [5, 5.41) is 9.60. The zero-order chi connectivity index (χ0) is 21.4. The minimum absolute atomic E-state index is 0.0180. The van der Waals surface area contributed by atoms with Crippen molar-refractivity contribution in [2.24, 2.45) is 0 Å². The van der Waals surface area contributed by atoms with Gasteiger partial charge in [-0.05, 0) is 54.8 Å². The quantitative estimate of drug-likeness (QED) is 0.642. The third-order valence-electron chi connectivity index (χ3n) is 5.80. The second kappa shape index (κ2) is 7.80. The van der Waals surface area contributed by atoms with Crippen LogP contribution in [0, 0.1) is 0 Å². The number of ether oxygens (including phenoxy) is 2. The average Bonchev–Trinajstić information content (AvgIpc) is 3.47. The smallest absolute Gasteiger partial charge is 0.254 e. The number of carbonyl (C=O) groups excluding carboxylic acids is 2. The zero-order valence-electron chi connectivity index (χ0n) is 16.8. The first-order chi connectivity index (χ1) is 15.1. The molecule has 3 aromatic rings. The number of benzene rings is 3. The van der Waals surface area contributed by atoms with Crippen LogP contribution in [0.25, 0.3) is 0 Å². The molecule has 6 heteroatoms. The van der Waals surface area contributed by atoms with E-state index in [1.807, 2.05) is 23.1 Å². The Labute approximate surface area is 179 Å². The highest BCUT2D eigenvalue weighted by Gasteiger charge is 2.31. The summed E-state index contributed by atoms with van der Waals surface area (Å²) in [4.78, 5) is 27.7. The first-order valence-corrected chi connectivity index (χ1v) is 10.2. The van der Waals surface area contributed by atoms with E-state index in [1.54, 1.807) is 36.4 Å². The van der Waals surface area contributed by atoms with Gasteiger partial charge in [0.15, 0.2) is 17.3 Å². The van der Waals surface area contributed by atoms with Crippen LogP contribution in [-0.4, -0.2) is 35.0 Å². The molecular formula is C25H21NO5. The molecule has 1 N–H and O–H groups in total. The van der Waals surface area contributed by atoms with Crippen molar-refractivity contribution in [3.05, 3.63) is 89.0 Å². The van der Waals surface area contributed by atoms with Gasteiger partial charge in [-0.1, -0.05) is 30.3 Å². The molecule has 31 heavy (non-hydrogen) atoms. The molecule has 1 fully saturated rings. The largest absolute Gasteiger partial charge is 0.508 e. The molecule has 0 radical (unpaired) electrons. The number of phenolic OH excluding ortho intramolecular Hbond substituents is 1. The Morgan fingerprint density at radius 3 is 2.45 bits per heavy atom. The predicted molar refractivity (Wildman–Crippen MR) is 114 cm³/mol. The monoisotopic (exact) mass is 415 g/mol. The predicted octanol–water partition coefficient (Wildman–Crippen LogP) is 4.33. The maximum Gasteiger partial charge on any atom is 0.254 e. The van der Waals surface area contributed by atoms with Crippen molar-refractivity contribution in [3.8, 4) is 17.2 Å². The molecule has 6 nitrogen and oxygen atoms in total. The molecule has 2 heterocycles. The fourth-order valence-corrected chi connectivity index (χ4v) is 4.22. The van der Waals surface area contributed by atoms with Gasteiger partial charge < -0.3 is 19.5 Å². The van der Waals surface area contributed by atoms with Crippen molar-refractivity contribution in [2.45, 2.75) is 18.9 Å². The van der Waals surface area contributed by atoms with Crippen molar-refractivity contribution < 1.29 is 24.2 Å². The van der Waals surface area contributed by atoms with Crippen molar-refractivity contribution >= 4 is 11.7 Å². The van der Waals surface area contributed by atoms with Crippen LogP contribution in [0.1, 0.15) is 50.7 Å². The standard InChI is InChI=1S/C25H21NO5/c27-20-4-1-3-19(13-20)24(28)16-6-8-17(9-7-16)25(29)26-12-2-5-21(26)18-10-11-22-23(14-18)31-15-30-22/h1,3-4,6-11,13-14,21,27H,2,5,12,15H2. The van der Waals surface area contributed by atoms with E-state index in [4.69, 9.17) is 9.47 Å². The number of aromatic hydroxyl groups is 1. The lowest BCUT2D eigenvalue weighted by Crippen LogP contribution is -2.30. The number of phenols is 1. The highest BCUT2D eigenvalue weighted by Crippen LogP contribution is 2.39. The first kappa shape index (κ1) is 19.2. The average molecular weight is 415 g/mol. The van der Waals surface area contributed by atoms with E-state index in [1.165, 1.54) is 12.1 Å². The number of amides is 1. The Balaban J connectivity index is 1.35. The molecule has 3 aromatic carbocycles. The summed E-state index contributed by atoms with van der Waals surface area (Å²) in [5.41, 5.74) is 2.45. The second-order valence-electron chi connectivity index (χ2n) is 7.73. The Hall–Kier alpha value is -3.80. The second-order valence-corrected chi connectivity index (χ2v) is 7.73. The zero-order valence-corrected chi connectivity index (χ0v) is 16.8. The van der Waals surface area contributed by atoms with Gasteiger partial charge in [0, 0.05) is 23.2 Å². The van der Waals surface area contributed by atoms with E-state index in [-0.39, 0.29) is 30.3 Å². The minimum atomic E-state index is -0.200. The van der Waals surface area contributed by atoms with Gasteiger partial charge in [0.1, 0.15) is 5.75 Å². The van der Waals surface area contributed by atoms with Crippen LogP contribution in [0.3, 0.4) is 0 Å². The number of carbonyl (C=O) groups is 2. The molecule has 2 aliphatic heterocycles. The van der Waals surface area contributed by atoms with Gasteiger partial charge in [0.05, 0.1) is 6.04 Å². The third-order valence-corrected chi connectivity index (χ3v) is 5.80. The van der Waals surface area contributed by atoms with Crippen LogP contribution in [0.5, 0.6) is 17.2 Å². The van der Waals surface area contributed by atoms with E-state index in [0.717, 1.165) is 24.2 Å². The summed E-state index contributed by atoms with van der Waals surface area (Å²) in [6.45, 7) is 0.904. The van der Waals surface area contributed by atoms with Crippen LogP contribution in [0.15, 0.2) is 66.7 Å². The Morgan fingerprint density at radius 2 is 1.65 bits per heavy atom. The van der Waals surface area contributed by atoms with Crippen molar-refractivity contribution in [3.63, 3.8) is 0 Å². The van der Waals surface area contributed by atoms with Gasteiger partial charge in [-0.2, -0.15) is 0 Å². The maximum absolute atomic E-state index is 13.2. The summed E-state index contributed by atoms with van der Waals surface area (Å²) >= 11 is 0. The number of likely N-dealkylation sites (tertiary alicyclic amines) is 1. The van der Waals surface area contributed by atoms with Gasteiger partial charge >= 0.3 is 0 Å². The summed E-state index contributed by atoms with van der Waals surface area (Å²) in [7, 11) is 0. The molecule has 156 valence electrons. The van der Waals surface area contributed by atoms with Crippen LogP contribution in [0.4, 0.5) is 0 Å². The molecular weight excluding hydrogens is 394 g/mol. The number of hydrogen-bond acceptors (Lipinski definition) is 5. The molecule has 1 atom stereocenters. The molecule has 1 amide bonds. The Bertz CT molecular complexity index is 1150. The van der Waals surface area contributed by atoms with Crippen molar-refractivity contribution in [1.82, 2.24) is 4.90 Å². The van der Waals surface area contributed by atoms with Crippen molar-refractivity contribution in [1.29, 1.82) is 0 Å². The first-order valence-electron chi connectivity index (χ1n) is 10.2. The molecule has 1 saturated heterocycles. The fourth-order valence-electron chi connectivity index (χ4n) is 4.22. The molecule has 0 aliphatic carbocycles. The molecule has 0 bridgehead atoms. The van der Waals surface area contributed by atoms with Crippen molar-refractivity contribution in [2.75, 3.05) is 13.3 Å². The molecule has 0 spiro atoms. The maximum atomic E-state index is 13.2. The lowest BCUT2D eigenvalue weighted by molar-refractivity contribution is 0.0735. The number of ketones is 1. The van der Waals surface area contributed by atoms with E-state index in [0.29, 0.717) is 29.0 Å². The molecule has 0 aromatic heterocycles.